The van der Waals surface area contributed by atoms with Crippen molar-refractivity contribution in [2.45, 2.75) is 89.9 Å². The second kappa shape index (κ2) is 22.0. The second-order valence-electron chi connectivity index (χ2n) is 17.4. The molecular weight excluding hydrogens is 875 g/mol. The number of hydrogen-bond acceptors (Lipinski definition) is 10. The van der Waals surface area contributed by atoms with E-state index in [-0.39, 0.29) is 0 Å². The fraction of sp³-hybridized carbons (Fsp3) is 0.353. The molecule has 1 unspecified atom stereocenters. The Morgan fingerprint density at radius 3 is 1.45 bits per heavy atom. The number of rotatable bonds is 7. The van der Waals surface area contributed by atoms with Crippen LogP contribution in [0.4, 0.5) is 5.69 Å². The number of H-pyrrole nitrogens is 3. The van der Waals surface area contributed by atoms with E-state index in [9.17, 15) is 0 Å². The Morgan fingerprint density at radius 1 is 0.538 bits per heavy atom. The van der Waals surface area contributed by atoms with E-state index in [4.69, 9.17) is 0 Å². The number of anilines is 1. The van der Waals surface area contributed by atoms with E-state index in [1.165, 1.54) is 89.4 Å². The molecule has 0 bridgehead atoms. The van der Waals surface area contributed by atoms with E-state index in [1.54, 1.807) is 31.4 Å². The van der Waals surface area contributed by atoms with Crippen molar-refractivity contribution < 1.29 is 0 Å². The Hall–Kier alpha value is -6.41. The van der Waals surface area contributed by atoms with E-state index in [0.717, 1.165) is 84.9 Å². The normalized spacial score (nSPS) is 18.2. The van der Waals surface area contributed by atoms with Crippen LogP contribution < -0.4 is 5.32 Å². The number of aliphatic imine (C=N–C) groups is 1. The molecule has 0 fully saturated rings. The van der Waals surface area contributed by atoms with Crippen LogP contribution in [-0.2, 0) is 57.8 Å². The highest BCUT2D eigenvalue weighted by Crippen LogP contribution is 2.31. The van der Waals surface area contributed by atoms with E-state index < -0.39 is 0 Å². The fourth-order valence-electron chi connectivity index (χ4n) is 9.39. The molecule has 0 amide bonds. The van der Waals surface area contributed by atoms with Gasteiger partial charge in [0.1, 0.15) is 11.4 Å². The third-order valence-electron chi connectivity index (χ3n) is 12.8. The van der Waals surface area contributed by atoms with Crippen LogP contribution in [0.3, 0.4) is 0 Å². The Morgan fingerprint density at radius 2 is 1.02 bits per heavy atom. The highest BCUT2D eigenvalue weighted by Gasteiger charge is 2.22. The number of fused-ring (bicyclic) bond motifs is 4. The molecule has 0 radical (unpaired) electrons. The van der Waals surface area contributed by atoms with Crippen LogP contribution in [0.15, 0.2) is 127 Å². The largest absolute Gasteiger partial charge is 0.348 e. The van der Waals surface area contributed by atoms with Crippen LogP contribution in [-0.4, -0.2) is 67.2 Å². The van der Waals surface area contributed by atoms with Crippen molar-refractivity contribution in [3.8, 4) is 0 Å². The topological polar surface area (TPSA) is 175 Å². The summed E-state index contributed by atoms with van der Waals surface area (Å²) in [4.78, 5) is 48.1. The van der Waals surface area contributed by atoms with Gasteiger partial charge in [0.05, 0.1) is 34.7 Å². The number of aromatic nitrogens is 11. The number of aromatic amines is 3. The van der Waals surface area contributed by atoms with Gasteiger partial charge in [-0.05, 0) is 164 Å². The standard InChI is InChI=1S/3C13H15N3.C12H11BrN4/c3*1-2-11-4-3-10(7-13(11)15-5-1)6-12-8-14-9-16-12;13-11-8(17-10-2-1-5-15-10)3-4-9-12(11)16-7-6-14-9/h3*1-2,5,8-10H,3-4,6-7H2,(H,14,16);3-4,6-7H,1-2,5H2,(H,15,17)/t2*10-;;/m10../s1. The smallest absolute Gasteiger partial charge is 0.105 e. The summed E-state index contributed by atoms with van der Waals surface area (Å²) in [5, 5.41) is 3.34. The minimum Gasteiger partial charge on any atom is -0.348 e. The Kier molecular flexibility index (Phi) is 14.8. The number of benzene rings is 1. The fourth-order valence-corrected chi connectivity index (χ4v) is 9.93. The van der Waals surface area contributed by atoms with Crippen molar-refractivity contribution in [1.82, 2.24) is 54.8 Å². The van der Waals surface area contributed by atoms with Crippen LogP contribution >= 0.6 is 15.9 Å². The molecule has 0 spiro atoms. The average molecular weight is 931 g/mol. The van der Waals surface area contributed by atoms with Crippen LogP contribution in [0.2, 0.25) is 0 Å². The van der Waals surface area contributed by atoms with E-state index in [0.29, 0.717) is 17.8 Å². The monoisotopic (exact) mass is 929 g/mol. The van der Waals surface area contributed by atoms with Crippen molar-refractivity contribution >= 4 is 38.5 Å². The van der Waals surface area contributed by atoms with E-state index >= 15 is 0 Å². The molecule has 0 saturated heterocycles. The van der Waals surface area contributed by atoms with Gasteiger partial charge in [0, 0.05) is 96.7 Å². The zero-order chi connectivity index (χ0) is 44.0. The molecular formula is C51H56BrN13. The quantitative estimate of drug-likeness (QED) is 0.121. The summed E-state index contributed by atoms with van der Waals surface area (Å²) in [6.45, 7) is 0.924. The molecule has 332 valence electrons. The van der Waals surface area contributed by atoms with Gasteiger partial charge in [-0.2, -0.15) is 0 Å². The summed E-state index contributed by atoms with van der Waals surface area (Å²) in [6.07, 6.45) is 36.2. The molecule has 1 aromatic carbocycles. The SMILES string of the molecule is Brc1c(NC2=NCCC2)ccc2nccnc12.c1cnc2c(c1)CCC(Cc1cnc[nH]1)C2.c1cnc2c(c1)CC[C@@H](Cc1cnc[nH]1)C2.c1cnc2c(c1)CC[C@H](Cc1cnc[nH]1)C2. The lowest BCUT2D eigenvalue weighted by Gasteiger charge is -2.22. The van der Waals surface area contributed by atoms with Gasteiger partial charge in [0.15, 0.2) is 0 Å². The first-order chi connectivity index (χ1) is 32.1. The second-order valence-corrected chi connectivity index (χ2v) is 18.2. The third-order valence-corrected chi connectivity index (χ3v) is 13.6. The number of amidine groups is 1. The van der Waals surface area contributed by atoms with Gasteiger partial charge in [-0.25, -0.2) is 15.0 Å². The molecule has 0 saturated carbocycles. The summed E-state index contributed by atoms with van der Waals surface area (Å²) in [5.41, 5.74) is 14.6. The number of imidazole rings is 3. The molecule has 3 aliphatic carbocycles. The number of nitrogens with one attached hydrogen (secondary N) is 4. The van der Waals surface area contributed by atoms with E-state index in [2.05, 4.69) is 99.3 Å². The molecule has 13 nitrogen and oxygen atoms in total. The maximum atomic E-state index is 4.47. The third kappa shape index (κ3) is 12.0. The molecule has 1 aliphatic heterocycles. The first kappa shape index (κ1) is 43.8. The van der Waals surface area contributed by atoms with Crippen molar-refractivity contribution in [1.29, 1.82) is 0 Å². The predicted octanol–water partition coefficient (Wildman–Crippen LogP) is 9.45. The zero-order valence-corrected chi connectivity index (χ0v) is 38.3. The maximum absolute atomic E-state index is 4.47. The molecule has 7 aromatic heterocycles. The summed E-state index contributed by atoms with van der Waals surface area (Å²) >= 11 is 3.57. The molecule has 3 atom stereocenters. The molecule has 14 heteroatoms. The van der Waals surface area contributed by atoms with Crippen LogP contribution in [0.5, 0.6) is 0 Å². The number of halogens is 1. The van der Waals surface area contributed by atoms with Gasteiger partial charge in [-0.1, -0.05) is 18.2 Å². The minimum atomic E-state index is 0.711. The zero-order valence-electron chi connectivity index (χ0n) is 36.7. The minimum absolute atomic E-state index is 0.711. The van der Waals surface area contributed by atoms with Gasteiger partial charge in [0.2, 0.25) is 0 Å². The summed E-state index contributed by atoms with van der Waals surface area (Å²) < 4.78 is 0.942. The maximum Gasteiger partial charge on any atom is 0.105 e. The highest BCUT2D eigenvalue weighted by atomic mass is 79.9. The summed E-state index contributed by atoms with van der Waals surface area (Å²) in [5.74, 6) is 3.18. The molecule has 8 heterocycles. The van der Waals surface area contributed by atoms with Crippen molar-refractivity contribution in [2.75, 3.05) is 11.9 Å². The van der Waals surface area contributed by atoms with Crippen LogP contribution in [0.25, 0.3) is 11.0 Å². The average Bonchev–Trinajstić information content (AvgIpc) is 4.23. The molecule has 4 N–H and O–H groups in total. The number of hydrogen-bond donors (Lipinski definition) is 4. The van der Waals surface area contributed by atoms with Crippen molar-refractivity contribution in [3.63, 3.8) is 0 Å². The lowest BCUT2D eigenvalue weighted by Crippen LogP contribution is -2.17. The molecule has 65 heavy (non-hydrogen) atoms. The molecule has 12 rings (SSSR count). The lowest BCUT2D eigenvalue weighted by atomic mass is 9.84. The van der Waals surface area contributed by atoms with Gasteiger partial charge in [-0.3, -0.25) is 29.9 Å². The molecule has 4 aliphatic rings. The predicted molar refractivity (Wildman–Crippen MR) is 259 cm³/mol. The number of pyridine rings is 3. The van der Waals surface area contributed by atoms with Gasteiger partial charge >= 0.3 is 0 Å². The van der Waals surface area contributed by atoms with E-state index in [1.807, 2.05) is 67.5 Å². The highest BCUT2D eigenvalue weighted by molar-refractivity contribution is 9.10. The van der Waals surface area contributed by atoms with Crippen LogP contribution in [0.1, 0.15) is 83.0 Å². The van der Waals surface area contributed by atoms with Gasteiger partial charge < -0.3 is 20.3 Å². The Balaban J connectivity index is 0.000000109. The molecule has 8 aromatic rings. The summed E-state index contributed by atoms with van der Waals surface area (Å²) in [7, 11) is 0. The van der Waals surface area contributed by atoms with Crippen molar-refractivity contribution in [3.05, 3.63) is 172 Å². The first-order valence-electron chi connectivity index (χ1n) is 23.0. The number of nitrogens with zero attached hydrogens (tertiary/aromatic N) is 9. The van der Waals surface area contributed by atoms with Crippen LogP contribution in [0, 0.1) is 17.8 Å². The lowest BCUT2D eigenvalue weighted by molar-refractivity contribution is 0.445. The first-order valence-corrected chi connectivity index (χ1v) is 23.8. The Labute approximate surface area is 388 Å². The van der Waals surface area contributed by atoms with Gasteiger partial charge in [0.25, 0.3) is 0 Å². The Bertz CT molecular complexity index is 2520. The number of aryl methyl sites for hydroxylation is 3. The van der Waals surface area contributed by atoms with Crippen molar-refractivity contribution in [2.24, 2.45) is 22.7 Å². The van der Waals surface area contributed by atoms with Gasteiger partial charge in [-0.15, -0.1) is 0 Å². The summed E-state index contributed by atoms with van der Waals surface area (Å²) in [6, 6.07) is 16.7.